The van der Waals surface area contributed by atoms with E-state index in [0.717, 1.165) is 11.3 Å². The van der Waals surface area contributed by atoms with Crippen LogP contribution in [0.3, 0.4) is 0 Å². The van der Waals surface area contributed by atoms with Gasteiger partial charge in [0.05, 0.1) is 12.8 Å². The SMILES string of the molecule is COc1ccc(-c2ccc3c(c2)CCCC3)cc1N. The van der Waals surface area contributed by atoms with Crippen molar-refractivity contribution in [1.82, 2.24) is 0 Å². The maximum Gasteiger partial charge on any atom is 0.141 e. The van der Waals surface area contributed by atoms with Crippen LogP contribution in [0, 0.1) is 0 Å². The fourth-order valence-corrected chi connectivity index (χ4v) is 2.83. The van der Waals surface area contributed by atoms with Gasteiger partial charge in [-0.25, -0.2) is 0 Å². The van der Waals surface area contributed by atoms with E-state index in [0.29, 0.717) is 5.69 Å². The first-order valence-corrected chi connectivity index (χ1v) is 6.83. The Morgan fingerprint density at radius 3 is 2.32 bits per heavy atom. The van der Waals surface area contributed by atoms with E-state index in [-0.39, 0.29) is 0 Å². The summed E-state index contributed by atoms with van der Waals surface area (Å²) in [5.74, 6) is 0.738. The van der Waals surface area contributed by atoms with Gasteiger partial charge in [-0.1, -0.05) is 24.3 Å². The minimum absolute atomic E-state index is 0.692. The molecule has 2 aromatic rings. The van der Waals surface area contributed by atoms with E-state index < -0.39 is 0 Å². The molecule has 0 saturated carbocycles. The lowest BCUT2D eigenvalue weighted by Gasteiger charge is -2.17. The van der Waals surface area contributed by atoms with E-state index >= 15 is 0 Å². The summed E-state index contributed by atoms with van der Waals surface area (Å²) in [5, 5.41) is 0. The molecule has 0 heterocycles. The van der Waals surface area contributed by atoms with Crippen molar-refractivity contribution in [3.05, 3.63) is 47.5 Å². The monoisotopic (exact) mass is 253 g/mol. The van der Waals surface area contributed by atoms with E-state index in [4.69, 9.17) is 10.5 Å². The third-order valence-corrected chi connectivity index (χ3v) is 3.91. The van der Waals surface area contributed by atoms with Crippen molar-refractivity contribution in [1.29, 1.82) is 0 Å². The lowest BCUT2D eigenvalue weighted by atomic mass is 9.89. The van der Waals surface area contributed by atoms with Crippen LogP contribution in [0.1, 0.15) is 24.0 Å². The molecule has 98 valence electrons. The molecule has 1 aliphatic rings. The average Bonchev–Trinajstić information content (AvgIpc) is 2.46. The molecule has 2 N–H and O–H groups in total. The van der Waals surface area contributed by atoms with Gasteiger partial charge in [-0.3, -0.25) is 0 Å². The zero-order chi connectivity index (χ0) is 13.2. The highest BCUT2D eigenvalue weighted by Gasteiger charge is 2.10. The van der Waals surface area contributed by atoms with Gasteiger partial charge < -0.3 is 10.5 Å². The number of hydrogen-bond donors (Lipinski definition) is 1. The third kappa shape index (κ3) is 2.30. The van der Waals surface area contributed by atoms with Gasteiger partial charge in [0.25, 0.3) is 0 Å². The Bertz CT molecular complexity index is 604. The van der Waals surface area contributed by atoms with Crippen LogP contribution in [-0.2, 0) is 12.8 Å². The first-order valence-electron chi connectivity index (χ1n) is 6.83. The number of aryl methyl sites for hydroxylation is 2. The number of benzene rings is 2. The van der Waals surface area contributed by atoms with Crippen molar-refractivity contribution in [3.8, 4) is 16.9 Å². The number of methoxy groups -OCH3 is 1. The fourth-order valence-electron chi connectivity index (χ4n) is 2.83. The Labute approximate surface area is 114 Å². The topological polar surface area (TPSA) is 35.2 Å². The molecule has 1 aliphatic carbocycles. The van der Waals surface area contributed by atoms with Crippen LogP contribution >= 0.6 is 0 Å². The molecular formula is C17H19NO. The van der Waals surface area contributed by atoms with Gasteiger partial charge in [-0.05, 0) is 60.1 Å². The van der Waals surface area contributed by atoms with Gasteiger partial charge in [-0.2, -0.15) is 0 Å². The van der Waals surface area contributed by atoms with Gasteiger partial charge in [0.1, 0.15) is 5.75 Å². The Balaban J connectivity index is 2.00. The fraction of sp³-hybridized carbons (Fsp3) is 0.294. The number of ether oxygens (including phenoxy) is 1. The zero-order valence-corrected chi connectivity index (χ0v) is 11.3. The summed E-state index contributed by atoms with van der Waals surface area (Å²) in [5.41, 5.74) is 12.1. The molecule has 0 unspecified atom stereocenters. The van der Waals surface area contributed by atoms with Gasteiger partial charge >= 0.3 is 0 Å². The molecule has 2 aromatic carbocycles. The van der Waals surface area contributed by atoms with E-state index in [1.807, 2.05) is 12.1 Å². The molecule has 0 radical (unpaired) electrons. The molecule has 3 rings (SSSR count). The molecule has 0 aliphatic heterocycles. The molecule has 2 nitrogen and oxygen atoms in total. The van der Waals surface area contributed by atoms with Crippen molar-refractivity contribution in [2.45, 2.75) is 25.7 Å². The van der Waals surface area contributed by atoms with Crippen LogP contribution in [-0.4, -0.2) is 7.11 Å². The van der Waals surface area contributed by atoms with Crippen LogP contribution in [0.5, 0.6) is 5.75 Å². The van der Waals surface area contributed by atoms with Crippen LogP contribution in [0.25, 0.3) is 11.1 Å². The lowest BCUT2D eigenvalue weighted by molar-refractivity contribution is 0.417. The molecule has 0 amide bonds. The maximum atomic E-state index is 5.98. The highest BCUT2D eigenvalue weighted by atomic mass is 16.5. The summed E-state index contributed by atoms with van der Waals surface area (Å²) in [6, 6.07) is 12.8. The van der Waals surface area contributed by atoms with Crippen molar-refractivity contribution in [2.75, 3.05) is 12.8 Å². The maximum absolute atomic E-state index is 5.98. The van der Waals surface area contributed by atoms with Crippen molar-refractivity contribution in [2.24, 2.45) is 0 Å². The summed E-state index contributed by atoms with van der Waals surface area (Å²) >= 11 is 0. The second kappa shape index (κ2) is 4.96. The standard InChI is InChI=1S/C17H19NO/c1-19-17-9-8-15(11-16(17)18)14-7-6-12-4-2-3-5-13(12)10-14/h6-11H,2-5,18H2,1H3. The molecule has 0 bridgehead atoms. The minimum atomic E-state index is 0.692. The van der Waals surface area contributed by atoms with E-state index in [9.17, 15) is 0 Å². The van der Waals surface area contributed by atoms with Gasteiger partial charge in [0.15, 0.2) is 0 Å². The molecule has 2 heteroatoms. The van der Waals surface area contributed by atoms with Gasteiger partial charge in [0.2, 0.25) is 0 Å². The smallest absolute Gasteiger partial charge is 0.141 e. The van der Waals surface area contributed by atoms with Crippen LogP contribution in [0.2, 0.25) is 0 Å². The molecule has 0 atom stereocenters. The molecule has 0 aromatic heterocycles. The Morgan fingerprint density at radius 2 is 1.58 bits per heavy atom. The molecule has 0 saturated heterocycles. The highest BCUT2D eigenvalue weighted by Crippen LogP contribution is 2.31. The number of nitrogen functional groups attached to an aromatic ring is 1. The second-order valence-corrected chi connectivity index (χ2v) is 5.15. The normalized spacial score (nSPS) is 13.9. The third-order valence-electron chi connectivity index (χ3n) is 3.91. The largest absolute Gasteiger partial charge is 0.495 e. The van der Waals surface area contributed by atoms with Crippen molar-refractivity contribution < 1.29 is 4.74 Å². The van der Waals surface area contributed by atoms with E-state index in [1.165, 1.54) is 42.4 Å². The van der Waals surface area contributed by atoms with Crippen LogP contribution < -0.4 is 10.5 Å². The number of hydrogen-bond acceptors (Lipinski definition) is 2. The summed E-state index contributed by atoms with van der Waals surface area (Å²) in [6.07, 6.45) is 5.05. The molecule has 0 fully saturated rings. The number of anilines is 1. The zero-order valence-electron chi connectivity index (χ0n) is 11.3. The van der Waals surface area contributed by atoms with Gasteiger partial charge in [0, 0.05) is 0 Å². The quantitative estimate of drug-likeness (QED) is 0.826. The van der Waals surface area contributed by atoms with E-state index in [2.05, 4.69) is 24.3 Å². The Morgan fingerprint density at radius 1 is 0.895 bits per heavy atom. The predicted octanol–water partition coefficient (Wildman–Crippen LogP) is 3.82. The van der Waals surface area contributed by atoms with Crippen molar-refractivity contribution >= 4 is 5.69 Å². The molecular weight excluding hydrogens is 234 g/mol. The van der Waals surface area contributed by atoms with Crippen molar-refractivity contribution in [3.63, 3.8) is 0 Å². The number of nitrogens with two attached hydrogens (primary N) is 1. The van der Waals surface area contributed by atoms with Gasteiger partial charge in [-0.15, -0.1) is 0 Å². The van der Waals surface area contributed by atoms with E-state index in [1.54, 1.807) is 7.11 Å². The molecule has 0 spiro atoms. The van der Waals surface area contributed by atoms with Crippen LogP contribution in [0.15, 0.2) is 36.4 Å². The Hall–Kier alpha value is -1.96. The highest BCUT2D eigenvalue weighted by molar-refractivity contribution is 5.71. The van der Waals surface area contributed by atoms with Crippen LogP contribution in [0.4, 0.5) is 5.69 Å². The minimum Gasteiger partial charge on any atom is -0.495 e. The average molecular weight is 253 g/mol. The second-order valence-electron chi connectivity index (χ2n) is 5.15. The number of fused-ring (bicyclic) bond motifs is 1. The summed E-state index contributed by atoms with van der Waals surface area (Å²) in [6.45, 7) is 0. The first kappa shape index (κ1) is 12.1. The Kier molecular flexibility index (Phi) is 3.16. The summed E-state index contributed by atoms with van der Waals surface area (Å²) < 4.78 is 5.20. The summed E-state index contributed by atoms with van der Waals surface area (Å²) in [7, 11) is 1.64. The molecule has 19 heavy (non-hydrogen) atoms. The number of rotatable bonds is 2. The first-order chi connectivity index (χ1) is 9.28. The summed E-state index contributed by atoms with van der Waals surface area (Å²) in [4.78, 5) is 0. The lowest BCUT2D eigenvalue weighted by Crippen LogP contribution is -2.02. The predicted molar refractivity (Wildman–Crippen MR) is 79.5 cm³/mol.